The molecule has 1 spiro atoms. The molecular weight excluding hydrogens is 477 g/mol. The molecule has 2 aliphatic heterocycles. The van der Waals surface area contributed by atoms with E-state index < -0.39 is 17.3 Å². The number of esters is 1. The highest BCUT2D eigenvalue weighted by Gasteiger charge is 2.62. The van der Waals surface area contributed by atoms with Gasteiger partial charge >= 0.3 is 5.97 Å². The lowest BCUT2D eigenvalue weighted by Gasteiger charge is -2.44. The third-order valence-corrected chi connectivity index (χ3v) is 7.39. The van der Waals surface area contributed by atoms with Crippen molar-refractivity contribution in [3.05, 3.63) is 80.2 Å². The molecular formula is C25H21Cl2N3O4. The van der Waals surface area contributed by atoms with Crippen LogP contribution in [-0.2, 0) is 24.5 Å². The van der Waals surface area contributed by atoms with E-state index in [0.717, 1.165) is 5.56 Å². The number of benzene rings is 2. The number of fused-ring (bicyclic) bond motifs is 3. The fourth-order valence-electron chi connectivity index (χ4n) is 5.29. The van der Waals surface area contributed by atoms with Gasteiger partial charge in [-0.1, -0.05) is 29.3 Å². The van der Waals surface area contributed by atoms with Gasteiger partial charge in [0.15, 0.2) is 5.78 Å². The van der Waals surface area contributed by atoms with Crippen LogP contribution in [0, 0.1) is 6.92 Å². The van der Waals surface area contributed by atoms with Crippen molar-refractivity contribution in [2.24, 2.45) is 5.73 Å². The maximum Gasteiger partial charge on any atom is 0.339 e. The van der Waals surface area contributed by atoms with Crippen LogP contribution in [0.5, 0.6) is 0 Å². The molecule has 1 unspecified atom stereocenters. The maximum atomic E-state index is 13.8. The Bertz CT molecular complexity index is 1360. The first-order valence-corrected chi connectivity index (χ1v) is 11.5. The second kappa shape index (κ2) is 7.89. The van der Waals surface area contributed by atoms with Crippen LogP contribution < -0.4 is 16.0 Å². The van der Waals surface area contributed by atoms with Crippen molar-refractivity contribution in [3.63, 3.8) is 0 Å². The van der Waals surface area contributed by atoms with Crippen molar-refractivity contribution < 1.29 is 19.1 Å². The highest BCUT2D eigenvalue weighted by atomic mass is 35.5. The Hall–Kier alpha value is -3.29. The molecule has 7 nitrogen and oxygen atoms in total. The Labute approximate surface area is 206 Å². The molecule has 1 amide bonds. The molecule has 0 fully saturated rings. The number of carbonyl (C=O) groups is 3. The van der Waals surface area contributed by atoms with Crippen molar-refractivity contribution >= 4 is 52.2 Å². The summed E-state index contributed by atoms with van der Waals surface area (Å²) >= 11 is 12.7. The van der Waals surface area contributed by atoms with Gasteiger partial charge in [0.05, 0.1) is 12.8 Å². The Morgan fingerprint density at radius 3 is 2.68 bits per heavy atom. The first kappa shape index (κ1) is 22.5. The number of rotatable bonds is 2. The average molecular weight is 498 g/mol. The predicted molar refractivity (Wildman–Crippen MR) is 130 cm³/mol. The summed E-state index contributed by atoms with van der Waals surface area (Å²) in [7, 11) is 1.21. The lowest BCUT2D eigenvalue weighted by atomic mass is 9.63. The summed E-state index contributed by atoms with van der Waals surface area (Å²) in [4.78, 5) is 42.4. The van der Waals surface area contributed by atoms with Crippen molar-refractivity contribution in [2.45, 2.75) is 31.6 Å². The van der Waals surface area contributed by atoms with E-state index in [-0.39, 0.29) is 29.2 Å². The number of nitrogens with one attached hydrogen (secondary N) is 1. The number of halogens is 2. The Balaban J connectivity index is 1.94. The van der Waals surface area contributed by atoms with Crippen LogP contribution in [0.25, 0.3) is 0 Å². The van der Waals surface area contributed by atoms with E-state index >= 15 is 0 Å². The molecule has 34 heavy (non-hydrogen) atoms. The van der Waals surface area contributed by atoms with Gasteiger partial charge in [-0.2, -0.15) is 0 Å². The summed E-state index contributed by atoms with van der Waals surface area (Å²) in [5.74, 6) is -1.58. The molecule has 5 rings (SSSR count). The predicted octanol–water partition coefficient (Wildman–Crippen LogP) is 4.36. The first-order valence-electron chi connectivity index (χ1n) is 10.8. The minimum absolute atomic E-state index is 0.00800. The maximum absolute atomic E-state index is 13.8. The average Bonchev–Trinajstić information content (AvgIpc) is 3.08. The molecule has 3 aliphatic rings. The van der Waals surface area contributed by atoms with Gasteiger partial charge in [-0.05, 0) is 55.7 Å². The van der Waals surface area contributed by atoms with Crippen molar-refractivity contribution in [3.8, 4) is 0 Å². The van der Waals surface area contributed by atoms with Crippen LogP contribution in [-0.4, -0.2) is 24.8 Å². The van der Waals surface area contributed by atoms with Gasteiger partial charge in [0.25, 0.3) is 0 Å². The molecule has 3 N–H and O–H groups in total. The zero-order valence-electron chi connectivity index (χ0n) is 18.5. The van der Waals surface area contributed by atoms with Crippen molar-refractivity contribution in [1.82, 2.24) is 0 Å². The molecule has 174 valence electrons. The van der Waals surface area contributed by atoms with E-state index in [1.807, 2.05) is 13.0 Å². The molecule has 0 bridgehead atoms. The van der Waals surface area contributed by atoms with Gasteiger partial charge in [0.1, 0.15) is 16.8 Å². The van der Waals surface area contributed by atoms with Crippen molar-refractivity contribution in [1.29, 1.82) is 0 Å². The summed E-state index contributed by atoms with van der Waals surface area (Å²) < 4.78 is 5.12. The SMILES string of the molecule is COC(=O)C1=C(N)N(c2cccc(Cl)c2C)C2=C(C(=O)CCC2)C12C(=O)Nc1ccc(Cl)cc12. The fraction of sp³-hybridized carbons (Fsp3) is 0.240. The van der Waals surface area contributed by atoms with Gasteiger partial charge < -0.3 is 15.8 Å². The molecule has 1 aliphatic carbocycles. The molecule has 0 radical (unpaired) electrons. The monoisotopic (exact) mass is 497 g/mol. The van der Waals surface area contributed by atoms with Crippen LogP contribution >= 0.6 is 23.2 Å². The second-order valence-electron chi connectivity index (χ2n) is 8.46. The molecule has 0 aromatic heterocycles. The summed E-state index contributed by atoms with van der Waals surface area (Å²) in [6.45, 7) is 1.83. The number of hydrogen-bond acceptors (Lipinski definition) is 6. The topological polar surface area (TPSA) is 102 Å². The van der Waals surface area contributed by atoms with Crippen LogP contribution in [0.2, 0.25) is 10.0 Å². The minimum atomic E-state index is -1.77. The molecule has 0 saturated carbocycles. The summed E-state index contributed by atoms with van der Waals surface area (Å²) in [6.07, 6.45) is 1.29. The van der Waals surface area contributed by atoms with E-state index in [2.05, 4.69) is 5.32 Å². The summed E-state index contributed by atoms with van der Waals surface area (Å²) in [5.41, 5.74) is 7.80. The number of nitrogens with two attached hydrogens (primary N) is 1. The van der Waals surface area contributed by atoms with Crippen molar-refractivity contribution in [2.75, 3.05) is 17.3 Å². The molecule has 9 heteroatoms. The number of methoxy groups -OCH3 is 1. The minimum Gasteiger partial charge on any atom is -0.466 e. The Kier molecular flexibility index (Phi) is 5.22. The lowest BCUT2D eigenvalue weighted by Crippen LogP contribution is -2.53. The first-order chi connectivity index (χ1) is 16.2. The molecule has 2 aromatic rings. The molecule has 0 saturated heterocycles. The van der Waals surface area contributed by atoms with Gasteiger partial charge in [-0.3, -0.25) is 14.5 Å². The van der Waals surface area contributed by atoms with Crippen LogP contribution in [0.1, 0.15) is 30.4 Å². The highest BCUT2D eigenvalue weighted by Crippen LogP contribution is 2.56. The normalized spacial score (nSPS) is 21.6. The van der Waals surface area contributed by atoms with E-state index in [9.17, 15) is 14.4 Å². The van der Waals surface area contributed by atoms with E-state index in [4.69, 9.17) is 33.7 Å². The second-order valence-corrected chi connectivity index (χ2v) is 9.31. The largest absolute Gasteiger partial charge is 0.466 e. The van der Waals surface area contributed by atoms with Crippen LogP contribution in [0.15, 0.2) is 59.1 Å². The number of Topliss-reactive ketones (excluding diaryl/α,β-unsaturated/α-hetero) is 1. The number of hydrogen-bond donors (Lipinski definition) is 2. The van der Waals surface area contributed by atoms with Gasteiger partial charge in [0, 0.05) is 39.0 Å². The molecule has 2 heterocycles. The van der Waals surface area contributed by atoms with Crippen LogP contribution in [0.3, 0.4) is 0 Å². The molecule has 1 atom stereocenters. The number of ether oxygens (including phenoxy) is 1. The Morgan fingerprint density at radius 2 is 1.94 bits per heavy atom. The van der Waals surface area contributed by atoms with E-state index in [0.29, 0.717) is 45.5 Å². The van der Waals surface area contributed by atoms with E-state index in [1.165, 1.54) is 7.11 Å². The fourth-order valence-corrected chi connectivity index (χ4v) is 5.64. The standard InChI is InChI=1S/C25H21Cl2N3O4/c1-12-15(27)5-3-6-17(12)30-18-7-4-8-19(31)20(18)25(21(22(30)28)23(32)34-2)14-11-13(26)9-10-16(14)29-24(25)33/h3,5-6,9-11H,4,7-8,28H2,1-2H3,(H,29,33). The van der Waals surface area contributed by atoms with Gasteiger partial charge in [-0.15, -0.1) is 0 Å². The highest BCUT2D eigenvalue weighted by molar-refractivity contribution is 6.32. The third-order valence-electron chi connectivity index (χ3n) is 6.75. The number of anilines is 2. The van der Waals surface area contributed by atoms with Crippen LogP contribution in [0.4, 0.5) is 11.4 Å². The number of amides is 1. The third kappa shape index (κ3) is 2.87. The van der Waals surface area contributed by atoms with Gasteiger partial charge in [-0.25, -0.2) is 4.79 Å². The summed E-state index contributed by atoms with van der Waals surface area (Å²) in [6, 6.07) is 10.2. The quantitative estimate of drug-likeness (QED) is 0.597. The lowest BCUT2D eigenvalue weighted by molar-refractivity contribution is -0.138. The zero-order chi connectivity index (χ0) is 24.4. The number of allylic oxidation sites excluding steroid dienone is 1. The smallest absolute Gasteiger partial charge is 0.339 e. The van der Waals surface area contributed by atoms with Gasteiger partial charge in [0.2, 0.25) is 5.91 Å². The van der Waals surface area contributed by atoms with E-state index in [1.54, 1.807) is 35.2 Å². The zero-order valence-corrected chi connectivity index (χ0v) is 20.0. The number of carbonyl (C=O) groups excluding carboxylic acids is 3. The Morgan fingerprint density at radius 1 is 1.18 bits per heavy atom. The molecule has 2 aromatic carbocycles. The summed E-state index contributed by atoms with van der Waals surface area (Å²) in [5, 5.41) is 3.68. The number of nitrogens with zero attached hydrogens (tertiary/aromatic N) is 1. The number of ketones is 1.